The Hall–Kier alpha value is -1.62. The molecule has 1 aromatic rings. The smallest absolute Gasteiger partial charge is 0.244 e. The molecule has 0 spiro atoms. The monoisotopic (exact) mass is 239 g/mol. The molecule has 0 aliphatic rings. The first kappa shape index (κ1) is 12.4. The molecule has 5 heteroatoms. The Balaban J connectivity index is 2.59. The molecule has 0 aliphatic heterocycles. The largest absolute Gasteiger partial charge is 0.338 e. The van der Waals surface area contributed by atoms with Gasteiger partial charge >= 0.3 is 0 Å². The van der Waals surface area contributed by atoms with Crippen molar-refractivity contribution in [3.63, 3.8) is 0 Å². The van der Waals surface area contributed by atoms with E-state index in [1.54, 1.807) is 24.3 Å². The Morgan fingerprint density at radius 3 is 2.50 bits per heavy atom. The number of amides is 1. The van der Waals surface area contributed by atoms with E-state index in [2.05, 4.69) is 11.9 Å². The average molecular weight is 239 g/mol. The molecule has 1 N–H and O–H groups in total. The standard InChI is InChI=1S/C11H13NO3S/c1-2-11(13)12-9-16(14,15)8-10-6-4-3-5-7-10/h2-7H,1,8-9H2,(H,12,13). The summed E-state index contributed by atoms with van der Waals surface area (Å²) in [5, 5.41) is 2.25. The van der Waals surface area contributed by atoms with Crippen molar-refractivity contribution in [1.29, 1.82) is 0 Å². The van der Waals surface area contributed by atoms with Crippen LogP contribution in [0.1, 0.15) is 5.56 Å². The lowest BCUT2D eigenvalue weighted by Crippen LogP contribution is -2.28. The summed E-state index contributed by atoms with van der Waals surface area (Å²) in [6, 6.07) is 8.82. The van der Waals surface area contributed by atoms with Gasteiger partial charge in [0.25, 0.3) is 0 Å². The zero-order chi connectivity index (χ0) is 12.0. The number of nitrogens with one attached hydrogen (secondary N) is 1. The van der Waals surface area contributed by atoms with E-state index in [0.717, 1.165) is 6.08 Å². The third-order valence-corrected chi connectivity index (χ3v) is 3.24. The molecule has 0 saturated carbocycles. The highest BCUT2D eigenvalue weighted by atomic mass is 32.2. The molecular formula is C11H13NO3S. The Kier molecular flexibility index (Phi) is 4.25. The fourth-order valence-electron chi connectivity index (χ4n) is 1.13. The first-order valence-electron chi connectivity index (χ1n) is 4.68. The lowest BCUT2D eigenvalue weighted by molar-refractivity contribution is -0.116. The fraction of sp³-hybridized carbons (Fsp3) is 0.182. The minimum atomic E-state index is -3.32. The normalized spacial score (nSPS) is 10.8. The second-order valence-electron chi connectivity index (χ2n) is 3.26. The number of carbonyl (C=O) groups is 1. The maximum Gasteiger partial charge on any atom is 0.244 e. The van der Waals surface area contributed by atoms with E-state index in [9.17, 15) is 13.2 Å². The molecule has 0 aromatic heterocycles. The third kappa shape index (κ3) is 4.27. The van der Waals surface area contributed by atoms with Crippen LogP contribution in [0.2, 0.25) is 0 Å². The van der Waals surface area contributed by atoms with Gasteiger partial charge in [-0.3, -0.25) is 4.79 Å². The van der Waals surface area contributed by atoms with Crippen molar-refractivity contribution >= 4 is 15.7 Å². The van der Waals surface area contributed by atoms with Crippen LogP contribution in [0.5, 0.6) is 0 Å². The molecule has 0 heterocycles. The van der Waals surface area contributed by atoms with Crippen molar-refractivity contribution in [2.24, 2.45) is 0 Å². The molecular weight excluding hydrogens is 226 g/mol. The van der Waals surface area contributed by atoms with Crippen molar-refractivity contribution in [2.45, 2.75) is 5.75 Å². The molecule has 1 aromatic carbocycles. The van der Waals surface area contributed by atoms with E-state index >= 15 is 0 Å². The first-order valence-corrected chi connectivity index (χ1v) is 6.50. The Morgan fingerprint density at radius 2 is 1.94 bits per heavy atom. The minimum absolute atomic E-state index is 0.0781. The molecule has 0 aliphatic carbocycles. The van der Waals surface area contributed by atoms with Gasteiger partial charge in [-0.2, -0.15) is 0 Å². The van der Waals surface area contributed by atoms with Crippen LogP contribution in [0.3, 0.4) is 0 Å². The summed E-state index contributed by atoms with van der Waals surface area (Å²) in [6.07, 6.45) is 1.04. The lowest BCUT2D eigenvalue weighted by atomic mass is 10.2. The summed E-state index contributed by atoms with van der Waals surface area (Å²) in [4.78, 5) is 10.8. The van der Waals surface area contributed by atoms with Gasteiger partial charge in [0, 0.05) is 0 Å². The van der Waals surface area contributed by atoms with Crippen LogP contribution in [0.4, 0.5) is 0 Å². The highest BCUT2D eigenvalue weighted by Crippen LogP contribution is 2.04. The SMILES string of the molecule is C=CC(=O)NCS(=O)(=O)Cc1ccccc1. The maximum absolute atomic E-state index is 11.6. The summed E-state index contributed by atoms with van der Waals surface area (Å²) in [7, 11) is -3.32. The van der Waals surface area contributed by atoms with Crippen molar-refractivity contribution in [3.8, 4) is 0 Å². The van der Waals surface area contributed by atoms with Gasteiger partial charge in [0.05, 0.1) is 5.75 Å². The van der Waals surface area contributed by atoms with Crippen molar-refractivity contribution in [2.75, 3.05) is 5.88 Å². The molecule has 0 unspecified atom stereocenters. The summed E-state index contributed by atoms with van der Waals surface area (Å²) in [6.45, 7) is 3.24. The lowest BCUT2D eigenvalue weighted by Gasteiger charge is -2.04. The molecule has 0 bridgehead atoms. The molecule has 16 heavy (non-hydrogen) atoms. The van der Waals surface area contributed by atoms with E-state index in [1.165, 1.54) is 0 Å². The van der Waals surface area contributed by atoms with Crippen molar-refractivity contribution in [1.82, 2.24) is 5.32 Å². The van der Waals surface area contributed by atoms with Gasteiger partial charge in [-0.1, -0.05) is 36.9 Å². The molecule has 4 nitrogen and oxygen atoms in total. The van der Waals surface area contributed by atoms with Crippen LogP contribution < -0.4 is 5.32 Å². The molecule has 1 amide bonds. The Morgan fingerprint density at radius 1 is 1.31 bits per heavy atom. The van der Waals surface area contributed by atoms with Gasteiger partial charge in [0.2, 0.25) is 5.91 Å². The molecule has 86 valence electrons. The van der Waals surface area contributed by atoms with Gasteiger partial charge in [0.1, 0.15) is 5.88 Å². The van der Waals surface area contributed by atoms with Crippen LogP contribution in [-0.2, 0) is 20.4 Å². The summed E-state index contributed by atoms with van der Waals surface area (Å²) < 4.78 is 23.1. The number of hydrogen-bond acceptors (Lipinski definition) is 3. The van der Waals surface area contributed by atoms with Gasteiger partial charge < -0.3 is 5.32 Å². The molecule has 1 rings (SSSR count). The number of carbonyl (C=O) groups excluding carboxylic acids is 1. The van der Waals surface area contributed by atoms with E-state index in [1.807, 2.05) is 6.07 Å². The number of benzene rings is 1. The Bertz CT molecular complexity index is 465. The van der Waals surface area contributed by atoms with Crippen LogP contribution in [0, 0.1) is 0 Å². The number of rotatable bonds is 5. The zero-order valence-electron chi connectivity index (χ0n) is 8.72. The predicted molar refractivity (Wildman–Crippen MR) is 62.3 cm³/mol. The molecule has 0 fully saturated rings. The zero-order valence-corrected chi connectivity index (χ0v) is 9.53. The predicted octanol–water partition coefficient (Wildman–Crippen LogP) is 0.861. The molecule has 0 radical (unpaired) electrons. The number of sulfone groups is 1. The van der Waals surface area contributed by atoms with E-state index < -0.39 is 15.7 Å². The maximum atomic E-state index is 11.6. The van der Waals surface area contributed by atoms with Gasteiger partial charge in [-0.15, -0.1) is 0 Å². The third-order valence-electron chi connectivity index (χ3n) is 1.88. The second kappa shape index (κ2) is 5.46. The van der Waals surface area contributed by atoms with E-state index in [4.69, 9.17) is 0 Å². The number of hydrogen-bond donors (Lipinski definition) is 1. The molecule has 0 saturated heterocycles. The van der Waals surface area contributed by atoms with E-state index in [0.29, 0.717) is 5.56 Å². The van der Waals surface area contributed by atoms with E-state index in [-0.39, 0.29) is 11.6 Å². The van der Waals surface area contributed by atoms with Gasteiger partial charge in [0.15, 0.2) is 9.84 Å². The van der Waals surface area contributed by atoms with Crippen molar-refractivity contribution < 1.29 is 13.2 Å². The summed E-state index contributed by atoms with van der Waals surface area (Å²) >= 11 is 0. The fourth-order valence-corrected chi connectivity index (χ4v) is 2.30. The first-order chi connectivity index (χ1) is 7.53. The van der Waals surface area contributed by atoms with Crippen LogP contribution >= 0.6 is 0 Å². The second-order valence-corrected chi connectivity index (χ2v) is 5.33. The van der Waals surface area contributed by atoms with Gasteiger partial charge in [-0.25, -0.2) is 8.42 Å². The van der Waals surface area contributed by atoms with Gasteiger partial charge in [-0.05, 0) is 11.6 Å². The minimum Gasteiger partial charge on any atom is -0.338 e. The molecule has 0 atom stereocenters. The highest BCUT2D eigenvalue weighted by Gasteiger charge is 2.12. The topological polar surface area (TPSA) is 63.2 Å². The van der Waals surface area contributed by atoms with Crippen LogP contribution in [-0.4, -0.2) is 20.2 Å². The highest BCUT2D eigenvalue weighted by molar-refractivity contribution is 7.90. The van der Waals surface area contributed by atoms with Crippen LogP contribution in [0.25, 0.3) is 0 Å². The summed E-state index contributed by atoms with van der Waals surface area (Å²) in [5.74, 6) is -0.936. The summed E-state index contributed by atoms with van der Waals surface area (Å²) in [5.41, 5.74) is 0.704. The average Bonchev–Trinajstić information content (AvgIpc) is 2.27. The van der Waals surface area contributed by atoms with Crippen LogP contribution in [0.15, 0.2) is 43.0 Å². The quantitative estimate of drug-likeness (QED) is 0.775. The van der Waals surface area contributed by atoms with Crippen molar-refractivity contribution in [3.05, 3.63) is 48.6 Å². The Labute approximate surface area is 94.9 Å².